The average molecular weight is 512 g/mol. The second-order valence-electron chi connectivity index (χ2n) is 11.2. The van der Waals surface area contributed by atoms with Gasteiger partial charge in [0.25, 0.3) is 0 Å². The van der Waals surface area contributed by atoms with Crippen molar-refractivity contribution < 1.29 is 24.1 Å². The number of methoxy groups -OCH3 is 2. The van der Waals surface area contributed by atoms with Gasteiger partial charge in [-0.25, -0.2) is 0 Å². The standard InChI is InChI=1S/C31H45NO5/c1-31(2,33)15-14-23-6-12-29(27(20-23)25-8-10-26(35-4)11-9-25)37-22-24-7-13-30-28(21-24)32(17-19-36-30)16-5-18-34-3/h7-11,13,21,23,27,29,33H,5-6,12,14-20,22H2,1-4H3/t23-,27+,29-/m0/s1. The van der Waals surface area contributed by atoms with Crippen LogP contribution in [0.3, 0.4) is 0 Å². The Morgan fingerprint density at radius 1 is 1.08 bits per heavy atom. The van der Waals surface area contributed by atoms with E-state index in [1.54, 1.807) is 14.2 Å². The van der Waals surface area contributed by atoms with Gasteiger partial charge in [-0.05, 0) is 93.7 Å². The Balaban J connectivity index is 1.44. The summed E-state index contributed by atoms with van der Waals surface area (Å²) in [6.07, 6.45) is 6.29. The van der Waals surface area contributed by atoms with Gasteiger partial charge in [-0.3, -0.25) is 0 Å². The molecule has 1 aliphatic carbocycles. The zero-order chi connectivity index (χ0) is 26.3. The van der Waals surface area contributed by atoms with Gasteiger partial charge in [-0.1, -0.05) is 18.2 Å². The Hall–Kier alpha value is -2.28. The maximum Gasteiger partial charge on any atom is 0.142 e. The minimum absolute atomic E-state index is 0.164. The molecule has 0 radical (unpaired) electrons. The number of hydrogen-bond donors (Lipinski definition) is 1. The molecule has 4 rings (SSSR count). The maximum atomic E-state index is 10.3. The lowest BCUT2D eigenvalue weighted by Gasteiger charge is -2.37. The van der Waals surface area contributed by atoms with E-state index in [4.69, 9.17) is 18.9 Å². The van der Waals surface area contributed by atoms with Crippen molar-refractivity contribution in [3.63, 3.8) is 0 Å². The molecule has 0 saturated heterocycles. The molecular weight excluding hydrogens is 466 g/mol. The Morgan fingerprint density at radius 2 is 1.89 bits per heavy atom. The van der Waals surface area contributed by atoms with Crippen LogP contribution in [0.15, 0.2) is 42.5 Å². The number of ether oxygens (including phenoxy) is 4. The van der Waals surface area contributed by atoms with E-state index >= 15 is 0 Å². The third kappa shape index (κ3) is 7.86. The Labute approximate surface area is 222 Å². The summed E-state index contributed by atoms with van der Waals surface area (Å²) in [4.78, 5) is 2.40. The van der Waals surface area contributed by atoms with Gasteiger partial charge >= 0.3 is 0 Å². The summed E-state index contributed by atoms with van der Waals surface area (Å²) in [7, 11) is 3.46. The zero-order valence-electron chi connectivity index (χ0n) is 23.1. The van der Waals surface area contributed by atoms with Crippen LogP contribution in [0.1, 0.15) is 69.4 Å². The van der Waals surface area contributed by atoms with Crippen LogP contribution >= 0.6 is 0 Å². The van der Waals surface area contributed by atoms with E-state index in [-0.39, 0.29) is 6.10 Å². The van der Waals surface area contributed by atoms with Crippen LogP contribution < -0.4 is 14.4 Å². The molecule has 2 aliphatic rings. The van der Waals surface area contributed by atoms with Crippen LogP contribution in [0.25, 0.3) is 0 Å². The Kier molecular flexibility index (Phi) is 9.74. The molecule has 0 bridgehead atoms. The number of aliphatic hydroxyl groups is 1. The monoisotopic (exact) mass is 511 g/mol. The van der Waals surface area contributed by atoms with Crippen LogP contribution in [0.4, 0.5) is 5.69 Å². The van der Waals surface area contributed by atoms with Crippen LogP contribution in [-0.2, 0) is 16.1 Å². The quantitative estimate of drug-likeness (QED) is 0.355. The summed E-state index contributed by atoms with van der Waals surface area (Å²) in [5.41, 5.74) is 3.03. The lowest BCUT2D eigenvalue weighted by Crippen LogP contribution is -2.34. The fraction of sp³-hybridized carbons (Fsp3) is 0.613. The summed E-state index contributed by atoms with van der Waals surface area (Å²) in [6, 6.07) is 14.9. The zero-order valence-corrected chi connectivity index (χ0v) is 23.1. The fourth-order valence-electron chi connectivity index (χ4n) is 5.69. The highest BCUT2D eigenvalue weighted by molar-refractivity contribution is 5.61. The van der Waals surface area contributed by atoms with Gasteiger partial charge in [0.1, 0.15) is 18.1 Å². The first kappa shape index (κ1) is 27.7. The molecule has 0 unspecified atom stereocenters. The van der Waals surface area contributed by atoms with Gasteiger partial charge in [-0.15, -0.1) is 0 Å². The number of benzene rings is 2. The predicted octanol–water partition coefficient (Wildman–Crippen LogP) is 5.95. The van der Waals surface area contributed by atoms with Crippen LogP contribution in [0, 0.1) is 5.92 Å². The van der Waals surface area contributed by atoms with Gasteiger partial charge in [-0.2, -0.15) is 0 Å². The summed E-state index contributed by atoms with van der Waals surface area (Å²) >= 11 is 0. The first-order valence-corrected chi connectivity index (χ1v) is 13.8. The lowest BCUT2D eigenvalue weighted by atomic mass is 9.74. The number of fused-ring (bicyclic) bond motifs is 1. The SMILES string of the molecule is COCCCN1CCOc2ccc(CO[C@H]3CC[C@@H](CCC(C)(C)O)C[C@@H]3c3ccc(OC)cc3)cc21. The third-order valence-electron chi connectivity index (χ3n) is 7.83. The molecule has 37 heavy (non-hydrogen) atoms. The van der Waals surface area contributed by atoms with Crippen LogP contribution in [0.2, 0.25) is 0 Å². The molecular formula is C31H45NO5. The minimum atomic E-state index is -0.615. The highest BCUT2D eigenvalue weighted by Crippen LogP contribution is 2.41. The lowest BCUT2D eigenvalue weighted by molar-refractivity contribution is -0.0128. The van der Waals surface area contributed by atoms with Gasteiger partial charge in [0.2, 0.25) is 0 Å². The first-order chi connectivity index (χ1) is 17.9. The molecule has 204 valence electrons. The van der Waals surface area contributed by atoms with Gasteiger partial charge in [0.05, 0.1) is 37.7 Å². The van der Waals surface area contributed by atoms with Crippen LogP contribution in [0.5, 0.6) is 11.5 Å². The second-order valence-corrected chi connectivity index (χ2v) is 11.2. The fourth-order valence-corrected chi connectivity index (χ4v) is 5.69. The van der Waals surface area contributed by atoms with Crippen molar-refractivity contribution in [2.75, 3.05) is 45.4 Å². The number of rotatable bonds is 12. The van der Waals surface area contributed by atoms with E-state index in [1.165, 1.54) is 11.1 Å². The topological polar surface area (TPSA) is 60.4 Å². The smallest absolute Gasteiger partial charge is 0.142 e. The van der Waals surface area contributed by atoms with Crippen LogP contribution in [-0.4, -0.2) is 57.3 Å². The third-order valence-corrected chi connectivity index (χ3v) is 7.83. The summed E-state index contributed by atoms with van der Waals surface area (Å²) in [5.74, 6) is 2.76. The number of hydrogen-bond acceptors (Lipinski definition) is 6. The molecule has 1 saturated carbocycles. The largest absolute Gasteiger partial charge is 0.497 e. The molecule has 0 amide bonds. The van der Waals surface area contributed by atoms with Crippen molar-refractivity contribution in [1.82, 2.24) is 0 Å². The van der Waals surface area contributed by atoms with E-state index in [2.05, 4.69) is 47.4 Å². The molecule has 2 aromatic carbocycles. The van der Waals surface area contributed by atoms with Gasteiger partial charge < -0.3 is 29.0 Å². The van der Waals surface area contributed by atoms with Crippen molar-refractivity contribution in [3.05, 3.63) is 53.6 Å². The second kappa shape index (κ2) is 13.0. The molecule has 1 fully saturated rings. The Bertz CT molecular complexity index is 971. The van der Waals surface area contributed by atoms with Gasteiger partial charge in [0.15, 0.2) is 0 Å². The number of nitrogens with zero attached hydrogens (tertiary/aromatic N) is 1. The molecule has 1 aliphatic heterocycles. The predicted molar refractivity (Wildman–Crippen MR) is 148 cm³/mol. The average Bonchev–Trinajstić information content (AvgIpc) is 2.91. The molecule has 3 atom stereocenters. The molecule has 0 spiro atoms. The first-order valence-electron chi connectivity index (χ1n) is 13.8. The van der Waals surface area contributed by atoms with Gasteiger partial charge in [0, 0.05) is 26.2 Å². The van der Waals surface area contributed by atoms with E-state index in [1.807, 2.05) is 13.8 Å². The highest BCUT2D eigenvalue weighted by atomic mass is 16.5. The maximum absolute atomic E-state index is 10.3. The van der Waals surface area contributed by atoms with Crippen molar-refractivity contribution in [2.45, 2.75) is 76.6 Å². The van der Waals surface area contributed by atoms with Crippen molar-refractivity contribution in [3.8, 4) is 11.5 Å². The highest BCUT2D eigenvalue weighted by Gasteiger charge is 2.33. The Morgan fingerprint density at radius 3 is 2.62 bits per heavy atom. The molecule has 0 aromatic heterocycles. The van der Waals surface area contributed by atoms with Crippen molar-refractivity contribution in [2.24, 2.45) is 5.92 Å². The van der Waals surface area contributed by atoms with Crippen molar-refractivity contribution in [1.29, 1.82) is 0 Å². The molecule has 2 aromatic rings. The van der Waals surface area contributed by atoms with Crippen molar-refractivity contribution >= 4 is 5.69 Å². The number of anilines is 1. The summed E-state index contributed by atoms with van der Waals surface area (Å²) in [6.45, 7) is 7.75. The van der Waals surface area contributed by atoms with E-state index in [9.17, 15) is 5.11 Å². The summed E-state index contributed by atoms with van der Waals surface area (Å²) in [5, 5.41) is 10.3. The molecule has 6 nitrogen and oxygen atoms in total. The molecule has 1 heterocycles. The van der Waals surface area contributed by atoms with E-state index in [0.29, 0.717) is 18.4 Å². The molecule has 6 heteroatoms. The minimum Gasteiger partial charge on any atom is -0.497 e. The normalized spacial score (nSPS) is 21.9. The summed E-state index contributed by atoms with van der Waals surface area (Å²) < 4.78 is 23.2. The van der Waals surface area contributed by atoms with E-state index in [0.717, 1.165) is 82.0 Å². The van der Waals surface area contributed by atoms with E-state index < -0.39 is 5.60 Å². The molecule has 1 N–H and O–H groups in total.